The molecular weight excluding hydrogens is 324 g/mol. The number of unbranched alkanes of at least 4 members (excludes halogenated alkanes) is 3. The van der Waals surface area contributed by atoms with Crippen molar-refractivity contribution < 1.29 is 28.8 Å². The number of carbonyl (C=O) groups excluding carboxylic acids is 1. The molecule has 0 aliphatic carbocycles. The van der Waals surface area contributed by atoms with Crippen LogP contribution >= 0.6 is 0 Å². The van der Waals surface area contributed by atoms with Crippen LogP contribution in [0.1, 0.15) is 66.2 Å². The number of hydrogen-bond donors (Lipinski definition) is 1. The quantitative estimate of drug-likeness (QED) is 0.336. The Morgan fingerprint density at radius 2 is 1.28 bits per heavy atom. The molecule has 0 bridgehead atoms. The summed E-state index contributed by atoms with van der Waals surface area (Å²) in [6.07, 6.45) is 2.65. The molecule has 25 heavy (non-hydrogen) atoms. The summed E-state index contributed by atoms with van der Waals surface area (Å²) in [5, 5.41) is 10.4. The summed E-state index contributed by atoms with van der Waals surface area (Å²) < 4.78 is 22.3. The molecule has 6 nitrogen and oxygen atoms in total. The van der Waals surface area contributed by atoms with E-state index in [4.69, 9.17) is 14.2 Å². The second kappa shape index (κ2) is 15.6. The maximum atomic E-state index is 11.9. The maximum absolute atomic E-state index is 11.9. The van der Waals surface area contributed by atoms with E-state index in [-0.39, 0.29) is 6.10 Å². The summed E-state index contributed by atoms with van der Waals surface area (Å²) in [5.41, 5.74) is 0. The van der Waals surface area contributed by atoms with E-state index in [9.17, 15) is 9.90 Å². The van der Waals surface area contributed by atoms with Gasteiger partial charge in [-0.15, -0.1) is 0 Å². The van der Waals surface area contributed by atoms with Gasteiger partial charge in [-0.3, -0.25) is 0 Å². The lowest BCUT2D eigenvalue weighted by Crippen LogP contribution is -2.51. The predicted octanol–water partition coefficient (Wildman–Crippen LogP) is 3.10. The van der Waals surface area contributed by atoms with Crippen LogP contribution in [0.15, 0.2) is 0 Å². The van der Waals surface area contributed by atoms with E-state index < -0.39 is 24.3 Å². The molecule has 6 heteroatoms. The van der Waals surface area contributed by atoms with E-state index in [1.165, 1.54) is 7.11 Å². The van der Waals surface area contributed by atoms with Crippen molar-refractivity contribution in [1.82, 2.24) is 0 Å². The Hall–Kier alpha value is -0.690. The van der Waals surface area contributed by atoms with Crippen LogP contribution < -0.4 is 0 Å². The fraction of sp³-hybridized carbons (Fsp3) is 0.947. The number of methoxy groups -OCH3 is 1. The van der Waals surface area contributed by atoms with Crippen LogP contribution in [0.3, 0.4) is 0 Å². The van der Waals surface area contributed by atoms with Gasteiger partial charge in [0, 0.05) is 19.8 Å². The topological polar surface area (TPSA) is 74.2 Å². The lowest BCUT2D eigenvalue weighted by Gasteiger charge is -2.33. The van der Waals surface area contributed by atoms with Gasteiger partial charge in [0.15, 0.2) is 6.10 Å². The Morgan fingerprint density at radius 1 is 0.840 bits per heavy atom. The van der Waals surface area contributed by atoms with Gasteiger partial charge in [0.05, 0.1) is 13.2 Å². The lowest BCUT2D eigenvalue weighted by atomic mass is 10.0. The highest BCUT2D eigenvalue weighted by atomic mass is 16.6. The van der Waals surface area contributed by atoms with Crippen molar-refractivity contribution >= 4 is 5.97 Å². The molecule has 0 unspecified atom stereocenters. The van der Waals surface area contributed by atoms with E-state index in [1.54, 1.807) is 0 Å². The Bertz CT molecular complexity index is 323. The third kappa shape index (κ3) is 10.1. The summed E-state index contributed by atoms with van der Waals surface area (Å²) in [5.74, 6) is -0.716. The number of hydrogen-bond acceptors (Lipinski definition) is 6. The molecule has 0 aromatic carbocycles. The molecular formula is C19H38O6. The zero-order chi connectivity index (χ0) is 19.1. The largest absolute Gasteiger partial charge is 0.467 e. The third-order valence-corrected chi connectivity index (χ3v) is 4.04. The third-order valence-electron chi connectivity index (χ3n) is 4.04. The summed E-state index contributed by atoms with van der Waals surface area (Å²) >= 11 is 0. The van der Waals surface area contributed by atoms with E-state index in [1.807, 2.05) is 6.92 Å². The van der Waals surface area contributed by atoms with Gasteiger partial charge < -0.3 is 24.1 Å². The molecule has 1 N–H and O–H groups in total. The minimum Gasteiger partial charge on any atom is -0.467 e. The highest BCUT2D eigenvalue weighted by Gasteiger charge is 2.38. The van der Waals surface area contributed by atoms with Crippen LogP contribution in [-0.4, -0.2) is 62.4 Å². The van der Waals surface area contributed by atoms with E-state index in [0.717, 1.165) is 38.5 Å². The second-order valence-electron chi connectivity index (χ2n) is 6.28. The van der Waals surface area contributed by atoms with Crippen molar-refractivity contribution in [2.24, 2.45) is 0 Å². The SMILES string of the molecule is CCCCO[C@@H]([C@H](OCCCC)[C@H](O)C(=O)OC)[C@H](C)OCCCC. The van der Waals surface area contributed by atoms with Crippen LogP contribution in [0, 0.1) is 0 Å². The van der Waals surface area contributed by atoms with E-state index in [2.05, 4.69) is 25.5 Å². The molecule has 0 aromatic rings. The molecule has 0 heterocycles. The van der Waals surface area contributed by atoms with Crippen molar-refractivity contribution in [3.63, 3.8) is 0 Å². The van der Waals surface area contributed by atoms with Gasteiger partial charge in [0.25, 0.3) is 0 Å². The first-order valence-electron chi connectivity index (χ1n) is 9.64. The summed E-state index contributed by atoms with van der Waals surface area (Å²) in [4.78, 5) is 11.9. The van der Waals surface area contributed by atoms with Crippen LogP contribution in [0.25, 0.3) is 0 Å². The van der Waals surface area contributed by atoms with Gasteiger partial charge >= 0.3 is 5.97 Å². The molecule has 0 aromatic heterocycles. The first-order valence-corrected chi connectivity index (χ1v) is 9.64. The van der Waals surface area contributed by atoms with Gasteiger partial charge in [-0.25, -0.2) is 4.79 Å². The molecule has 4 atom stereocenters. The molecule has 0 aliphatic rings. The second-order valence-corrected chi connectivity index (χ2v) is 6.28. The molecule has 150 valence electrons. The van der Waals surface area contributed by atoms with Gasteiger partial charge in [-0.1, -0.05) is 40.0 Å². The van der Waals surface area contributed by atoms with Gasteiger partial charge in [0.2, 0.25) is 0 Å². The fourth-order valence-corrected chi connectivity index (χ4v) is 2.35. The van der Waals surface area contributed by atoms with Crippen LogP contribution in [0.4, 0.5) is 0 Å². The van der Waals surface area contributed by atoms with Crippen molar-refractivity contribution in [3.8, 4) is 0 Å². The molecule has 0 spiro atoms. The monoisotopic (exact) mass is 362 g/mol. The molecule has 0 saturated heterocycles. The zero-order valence-electron chi connectivity index (χ0n) is 16.7. The summed E-state index contributed by atoms with van der Waals surface area (Å²) in [6, 6.07) is 0. The van der Waals surface area contributed by atoms with Crippen molar-refractivity contribution in [3.05, 3.63) is 0 Å². The number of aliphatic hydroxyl groups excluding tert-OH is 1. The first-order chi connectivity index (χ1) is 12.0. The number of rotatable bonds is 16. The van der Waals surface area contributed by atoms with Gasteiger partial charge in [-0.2, -0.15) is 0 Å². The van der Waals surface area contributed by atoms with E-state index in [0.29, 0.717) is 19.8 Å². The van der Waals surface area contributed by atoms with Crippen molar-refractivity contribution in [2.45, 2.75) is 90.6 Å². The molecule has 0 aliphatic heterocycles. The van der Waals surface area contributed by atoms with Gasteiger partial charge in [0.1, 0.15) is 12.2 Å². The number of carbonyl (C=O) groups is 1. The first kappa shape index (κ1) is 24.3. The summed E-state index contributed by atoms with van der Waals surface area (Å²) in [7, 11) is 1.25. The van der Waals surface area contributed by atoms with Crippen LogP contribution in [-0.2, 0) is 23.7 Å². The van der Waals surface area contributed by atoms with Crippen LogP contribution in [0.5, 0.6) is 0 Å². The van der Waals surface area contributed by atoms with Crippen LogP contribution in [0.2, 0.25) is 0 Å². The summed E-state index contributed by atoms with van der Waals surface area (Å²) in [6.45, 7) is 9.72. The Kier molecular flexibility index (Phi) is 15.1. The molecule has 0 amide bonds. The Morgan fingerprint density at radius 3 is 1.72 bits per heavy atom. The number of ether oxygens (including phenoxy) is 4. The minimum atomic E-state index is -1.40. The minimum absolute atomic E-state index is 0.297. The smallest absolute Gasteiger partial charge is 0.337 e. The highest BCUT2D eigenvalue weighted by Crippen LogP contribution is 2.18. The molecule has 0 saturated carbocycles. The van der Waals surface area contributed by atoms with Crippen molar-refractivity contribution in [2.75, 3.05) is 26.9 Å². The molecule has 0 radical (unpaired) electrons. The molecule has 0 rings (SSSR count). The Balaban J connectivity index is 5.12. The normalized spacial score (nSPS) is 16.2. The van der Waals surface area contributed by atoms with E-state index >= 15 is 0 Å². The van der Waals surface area contributed by atoms with Crippen molar-refractivity contribution in [1.29, 1.82) is 0 Å². The maximum Gasteiger partial charge on any atom is 0.337 e. The number of esters is 1. The van der Waals surface area contributed by atoms with Gasteiger partial charge in [-0.05, 0) is 26.2 Å². The Labute approximate surface area is 153 Å². The highest BCUT2D eigenvalue weighted by molar-refractivity contribution is 5.75. The zero-order valence-corrected chi connectivity index (χ0v) is 16.7. The lowest BCUT2D eigenvalue weighted by molar-refractivity contribution is -0.185. The average molecular weight is 363 g/mol. The number of aliphatic hydroxyl groups is 1. The average Bonchev–Trinajstić information content (AvgIpc) is 2.62. The standard InChI is InChI=1S/C19H38O6/c1-6-9-12-23-15(4)17(24-13-10-7-2)18(25-14-11-8-3)16(20)19(21)22-5/h15-18,20H,6-14H2,1-5H3/t15-,16-,17+,18+/m0/s1. The molecule has 0 fully saturated rings. The fourth-order valence-electron chi connectivity index (χ4n) is 2.35. The predicted molar refractivity (Wildman–Crippen MR) is 97.6 cm³/mol.